The topological polar surface area (TPSA) is 84.1 Å². The van der Waals surface area contributed by atoms with E-state index in [9.17, 15) is 9.59 Å². The van der Waals surface area contributed by atoms with E-state index in [0.29, 0.717) is 15.7 Å². The number of rotatable bonds is 7. The van der Waals surface area contributed by atoms with Gasteiger partial charge in [-0.25, -0.2) is 9.78 Å². The van der Waals surface area contributed by atoms with Gasteiger partial charge in [0.25, 0.3) is 0 Å². The number of fused-ring (bicyclic) bond motifs is 1. The molecule has 30 heavy (non-hydrogen) atoms. The van der Waals surface area contributed by atoms with Gasteiger partial charge in [-0.1, -0.05) is 54.2 Å². The van der Waals surface area contributed by atoms with Crippen LogP contribution in [0.4, 0.5) is 5.00 Å². The van der Waals surface area contributed by atoms with Crippen LogP contribution in [0.2, 0.25) is 0 Å². The van der Waals surface area contributed by atoms with Crippen molar-refractivity contribution in [1.82, 2.24) is 9.97 Å². The van der Waals surface area contributed by atoms with Crippen LogP contribution >= 0.6 is 23.1 Å². The van der Waals surface area contributed by atoms with Gasteiger partial charge < -0.3 is 15.0 Å². The molecule has 2 aromatic heterocycles. The van der Waals surface area contributed by atoms with Gasteiger partial charge in [0.15, 0.2) is 5.16 Å². The maximum atomic E-state index is 12.6. The lowest BCUT2D eigenvalue weighted by Gasteiger charge is -2.08. The summed E-state index contributed by atoms with van der Waals surface area (Å²) in [5, 5.41) is 5.89. The number of ether oxygens (including phenoxy) is 1. The molecule has 0 fully saturated rings. The van der Waals surface area contributed by atoms with Crippen LogP contribution < -0.4 is 5.32 Å². The fourth-order valence-electron chi connectivity index (χ4n) is 2.98. The van der Waals surface area contributed by atoms with Crippen molar-refractivity contribution in [3.05, 3.63) is 65.5 Å². The van der Waals surface area contributed by atoms with Crippen LogP contribution in [0.3, 0.4) is 0 Å². The van der Waals surface area contributed by atoms with E-state index in [0.717, 1.165) is 22.2 Å². The van der Waals surface area contributed by atoms with Gasteiger partial charge in [-0.3, -0.25) is 4.79 Å². The zero-order chi connectivity index (χ0) is 20.9. The molecule has 6 nitrogen and oxygen atoms in total. The number of carbonyl (C=O) groups excluding carboxylic acids is 2. The molecule has 2 heterocycles. The molecule has 4 aromatic rings. The van der Waals surface area contributed by atoms with E-state index in [1.807, 2.05) is 60.0 Å². The van der Waals surface area contributed by atoms with E-state index in [4.69, 9.17) is 4.74 Å². The number of benzene rings is 2. The highest BCUT2D eigenvalue weighted by Crippen LogP contribution is 2.36. The van der Waals surface area contributed by atoms with Crippen LogP contribution in [0.1, 0.15) is 17.3 Å². The highest BCUT2D eigenvalue weighted by atomic mass is 32.2. The van der Waals surface area contributed by atoms with Crippen molar-refractivity contribution < 1.29 is 14.3 Å². The van der Waals surface area contributed by atoms with E-state index in [-0.39, 0.29) is 18.3 Å². The summed E-state index contributed by atoms with van der Waals surface area (Å²) in [5.74, 6) is -0.494. The Morgan fingerprint density at radius 1 is 1.13 bits per heavy atom. The van der Waals surface area contributed by atoms with Gasteiger partial charge in [0.2, 0.25) is 5.91 Å². The van der Waals surface area contributed by atoms with Gasteiger partial charge in [-0.2, -0.15) is 0 Å². The summed E-state index contributed by atoms with van der Waals surface area (Å²) in [5.41, 5.74) is 3.81. The van der Waals surface area contributed by atoms with E-state index < -0.39 is 5.97 Å². The molecule has 0 aliphatic rings. The second-order valence-corrected chi connectivity index (χ2v) is 8.18. The van der Waals surface area contributed by atoms with Gasteiger partial charge in [-0.15, -0.1) is 11.3 Å². The van der Waals surface area contributed by atoms with E-state index >= 15 is 0 Å². The van der Waals surface area contributed by atoms with Crippen LogP contribution in [0.15, 0.2) is 65.1 Å². The predicted molar refractivity (Wildman–Crippen MR) is 121 cm³/mol. The third kappa shape index (κ3) is 4.39. The molecule has 0 aliphatic carbocycles. The average Bonchev–Trinajstić information content (AvgIpc) is 3.37. The lowest BCUT2D eigenvalue weighted by molar-refractivity contribution is -0.113. The third-order valence-corrected chi connectivity index (χ3v) is 6.08. The zero-order valence-electron chi connectivity index (χ0n) is 16.2. The fourth-order valence-corrected chi connectivity index (χ4v) is 4.64. The standard InChI is InChI=1S/C22H19N3O3S2/c1-2-28-21(27)19-15(14-8-4-3-5-9-14)12-29-20(19)25-18(26)13-30-22-23-16-10-6-7-11-17(16)24-22/h3-12H,2,13H2,1H3,(H,23,24)(H,25,26). The number of thioether (sulfide) groups is 1. The Hall–Kier alpha value is -3.10. The Balaban J connectivity index is 1.50. The minimum Gasteiger partial charge on any atom is -0.462 e. The zero-order valence-corrected chi connectivity index (χ0v) is 17.8. The van der Waals surface area contributed by atoms with Crippen LogP contribution in [0.5, 0.6) is 0 Å². The van der Waals surface area contributed by atoms with Crippen LogP contribution in [-0.2, 0) is 9.53 Å². The normalized spacial score (nSPS) is 10.8. The molecule has 0 aliphatic heterocycles. The van der Waals surface area contributed by atoms with Gasteiger partial charge in [-0.05, 0) is 24.6 Å². The van der Waals surface area contributed by atoms with Gasteiger partial charge in [0, 0.05) is 10.9 Å². The number of thiophene rings is 1. The average molecular weight is 438 g/mol. The Bertz CT molecular complexity index is 1150. The van der Waals surface area contributed by atoms with Crippen molar-refractivity contribution in [3.63, 3.8) is 0 Å². The summed E-state index contributed by atoms with van der Waals surface area (Å²) in [6.45, 7) is 2.02. The highest BCUT2D eigenvalue weighted by Gasteiger charge is 2.22. The molecule has 0 saturated carbocycles. The summed E-state index contributed by atoms with van der Waals surface area (Å²) in [4.78, 5) is 32.8. The number of imidazole rings is 1. The van der Waals surface area contributed by atoms with Crippen molar-refractivity contribution in [2.45, 2.75) is 12.1 Å². The molecule has 0 bridgehead atoms. The smallest absolute Gasteiger partial charge is 0.341 e. The summed E-state index contributed by atoms with van der Waals surface area (Å²) < 4.78 is 5.23. The molecular weight excluding hydrogens is 418 g/mol. The molecule has 1 amide bonds. The minimum atomic E-state index is -0.446. The summed E-state index contributed by atoms with van der Waals surface area (Å²) in [6.07, 6.45) is 0. The van der Waals surface area contributed by atoms with Crippen LogP contribution in [0, 0.1) is 0 Å². The SMILES string of the molecule is CCOC(=O)c1c(-c2ccccc2)csc1NC(=O)CSc1nc2ccccc2[nH]1. The number of carbonyl (C=O) groups is 2. The lowest BCUT2D eigenvalue weighted by atomic mass is 10.0. The number of esters is 1. The number of nitrogens with zero attached hydrogens (tertiary/aromatic N) is 1. The first-order chi connectivity index (χ1) is 14.7. The van der Waals surface area contributed by atoms with Crippen molar-refractivity contribution in [2.75, 3.05) is 17.7 Å². The summed E-state index contributed by atoms with van der Waals surface area (Å²) >= 11 is 2.62. The van der Waals surface area contributed by atoms with Crippen LogP contribution in [-0.4, -0.2) is 34.2 Å². The molecule has 0 spiro atoms. The first-order valence-electron chi connectivity index (χ1n) is 9.37. The molecule has 2 N–H and O–H groups in total. The molecule has 8 heteroatoms. The number of para-hydroxylation sites is 2. The summed E-state index contributed by atoms with van der Waals surface area (Å²) in [7, 11) is 0. The van der Waals surface area contributed by atoms with E-state index in [1.54, 1.807) is 6.92 Å². The quantitative estimate of drug-likeness (QED) is 0.307. The maximum absolute atomic E-state index is 12.6. The monoisotopic (exact) mass is 437 g/mol. The van der Waals surface area contributed by atoms with Crippen molar-refractivity contribution >= 4 is 51.0 Å². The number of H-pyrrole nitrogens is 1. The van der Waals surface area contributed by atoms with Crippen LogP contribution in [0.25, 0.3) is 22.2 Å². The Kier molecular flexibility index (Phi) is 6.15. The van der Waals surface area contributed by atoms with Gasteiger partial charge in [0.05, 0.1) is 23.4 Å². The molecule has 0 atom stereocenters. The number of amides is 1. The Labute approximate surface area is 181 Å². The predicted octanol–water partition coefficient (Wildman–Crippen LogP) is 5.20. The van der Waals surface area contributed by atoms with Gasteiger partial charge >= 0.3 is 5.97 Å². The Morgan fingerprint density at radius 2 is 1.90 bits per heavy atom. The molecule has 0 radical (unpaired) electrons. The minimum absolute atomic E-state index is 0.167. The summed E-state index contributed by atoms with van der Waals surface area (Å²) in [6, 6.07) is 17.3. The molecule has 0 unspecified atom stereocenters. The maximum Gasteiger partial charge on any atom is 0.341 e. The van der Waals surface area contributed by atoms with Crippen molar-refractivity contribution in [3.8, 4) is 11.1 Å². The fraction of sp³-hybridized carbons (Fsp3) is 0.136. The second kappa shape index (κ2) is 9.15. The van der Waals surface area contributed by atoms with Crippen molar-refractivity contribution in [1.29, 1.82) is 0 Å². The third-order valence-electron chi connectivity index (χ3n) is 4.32. The second-order valence-electron chi connectivity index (χ2n) is 6.34. The molecular formula is C22H19N3O3S2. The lowest BCUT2D eigenvalue weighted by Crippen LogP contribution is -2.16. The number of hydrogen-bond donors (Lipinski definition) is 2. The number of aromatic amines is 1. The number of anilines is 1. The first kappa shape index (κ1) is 20.2. The van der Waals surface area contributed by atoms with Crippen molar-refractivity contribution in [2.24, 2.45) is 0 Å². The molecule has 0 saturated heterocycles. The van der Waals surface area contributed by atoms with E-state index in [1.165, 1.54) is 23.1 Å². The molecule has 2 aromatic carbocycles. The van der Waals surface area contributed by atoms with Gasteiger partial charge in [0.1, 0.15) is 10.6 Å². The Morgan fingerprint density at radius 3 is 2.67 bits per heavy atom. The highest BCUT2D eigenvalue weighted by molar-refractivity contribution is 7.99. The largest absolute Gasteiger partial charge is 0.462 e. The van der Waals surface area contributed by atoms with E-state index in [2.05, 4.69) is 15.3 Å². The molecule has 152 valence electrons. The number of aromatic nitrogens is 2. The molecule has 4 rings (SSSR count). The number of hydrogen-bond acceptors (Lipinski definition) is 6. The number of nitrogens with one attached hydrogen (secondary N) is 2. The first-order valence-corrected chi connectivity index (χ1v) is 11.2.